The molecule has 2 heterocycles. The average Bonchev–Trinajstić information content (AvgIpc) is 3.14. The van der Waals surface area contributed by atoms with Crippen LogP contribution in [0.25, 0.3) is 0 Å². The number of hydrogen-bond acceptors (Lipinski definition) is 5. The highest BCUT2D eigenvalue weighted by atomic mass is 16.6. The Morgan fingerprint density at radius 1 is 1.13 bits per heavy atom. The van der Waals surface area contributed by atoms with Crippen molar-refractivity contribution in [2.24, 2.45) is 5.16 Å². The summed E-state index contributed by atoms with van der Waals surface area (Å²) in [7, 11) is 0. The number of rotatable bonds is 9. The van der Waals surface area contributed by atoms with Gasteiger partial charge in [0.25, 0.3) is 0 Å². The molecule has 1 aromatic rings. The minimum atomic E-state index is -0.382. The smallest absolute Gasteiger partial charge is 0.222 e. The largest absolute Gasteiger partial charge is 0.494 e. The van der Waals surface area contributed by atoms with Gasteiger partial charge in [-0.3, -0.25) is 4.79 Å². The van der Waals surface area contributed by atoms with Gasteiger partial charge in [-0.05, 0) is 90.6 Å². The summed E-state index contributed by atoms with van der Waals surface area (Å²) >= 11 is 0. The molecule has 0 aromatic heterocycles. The third kappa shape index (κ3) is 7.53. The van der Waals surface area contributed by atoms with E-state index in [1.807, 2.05) is 49.9 Å². The molecule has 2 aliphatic rings. The van der Waals surface area contributed by atoms with Gasteiger partial charge in [0.15, 0.2) is 0 Å². The summed E-state index contributed by atoms with van der Waals surface area (Å²) in [6, 6.07) is 8.70. The van der Waals surface area contributed by atoms with Gasteiger partial charge < -0.3 is 19.4 Å². The van der Waals surface area contributed by atoms with Crippen molar-refractivity contribution in [2.45, 2.75) is 77.9 Å². The first-order valence-electron chi connectivity index (χ1n) is 11.8. The summed E-state index contributed by atoms with van der Waals surface area (Å²) in [5.74, 6) is 1.06. The summed E-state index contributed by atoms with van der Waals surface area (Å²) in [5, 5.41) is 4.43. The molecule has 0 bridgehead atoms. The molecule has 172 valence electrons. The van der Waals surface area contributed by atoms with Crippen LogP contribution in [-0.4, -0.2) is 65.8 Å². The first-order valence-corrected chi connectivity index (χ1v) is 11.8. The first kappa shape index (κ1) is 23.6. The van der Waals surface area contributed by atoms with E-state index in [9.17, 15) is 4.79 Å². The number of piperidine rings is 1. The van der Waals surface area contributed by atoms with Crippen LogP contribution in [0.2, 0.25) is 0 Å². The molecule has 0 aliphatic carbocycles. The molecule has 6 heteroatoms. The van der Waals surface area contributed by atoms with Gasteiger partial charge in [-0.2, -0.15) is 0 Å². The molecule has 0 spiro atoms. The maximum atomic E-state index is 12.3. The van der Waals surface area contributed by atoms with Crippen molar-refractivity contribution in [2.75, 3.05) is 32.8 Å². The zero-order valence-corrected chi connectivity index (χ0v) is 19.7. The van der Waals surface area contributed by atoms with E-state index in [2.05, 4.69) is 17.0 Å². The molecule has 6 nitrogen and oxygen atoms in total. The van der Waals surface area contributed by atoms with Crippen molar-refractivity contribution in [1.82, 2.24) is 9.80 Å². The van der Waals surface area contributed by atoms with Gasteiger partial charge >= 0.3 is 0 Å². The van der Waals surface area contributed by atoms with E-state index in [0.29, 0.717) is 19.0 Å². The van der Waals surface area contributed by atoms with Crippen molar-refractivity contribution in [1.29, 1.82) is 0 Å². The molecule has 2 saturated heterocycles. The van der Waals surface area contributed by atoms with Crippen LogP contribution in [0.3, 0.4) is 0 Å². The Morgan fingerprint density at radius 3 is 2.55 bits per heavy atom. The van der Waals surface area contributed by atoms with Crippen LogP contribution < -0.4 is 4.74 Å². The topological polar surface area (TPSA) is 54.4 Å². The van der Waals surface area contributed by atoms with Gasteiger partial charge in [0.2, 0.25) is 5.91 Å². The fourth-order valence-electron chi connectivity index (χ4n) is 4.10. The van der Waals surface area contributed by atoms with Crippen LogP contribution in [0.1, 0.15) is 71.8 Å². The van der Waals surface area contributed by atoms with Gasteiger partial charge in [0.1, 0.15) is 17.1 Å². The van der Waals surface area contributed by atoms with E-state index in [0.717, 1.165) is 56.0 Å². The minimum Gasteiger partial charge on any atom is -0.494 e. The Hall–Kier alpha value is -2.08. The molecule has 2 aliphatic heterocycles. The van der Waals surface area contributed by atoms with Gasteiger partial charge in [0.05, 0.1) is 13.2 Å². The Kier molecular flexibility index (Phi) is 8.35. The van der Waals surface area contributed by atoms with Gasteiger partial charge in [-0.15, -0.1) is 0 Å². The summed E-state index contributed by atoms with van der Waals surface area (Å²) < 4.78 is 5.95. The van der Waals surface area contributed by atoms with E-state index >= 15 is 0 Å². The zero-order chi connectivity index (χ0) is 22.3. The number of oxime groups is 1. The van der Waals surface area contributed by atoms with E-state index < -0.39 is 0 Å². The highest BCUT2D eigenvalue weighted by Gasteiger charge is 2.22. The summed E-state index contributed by atoms with van der Waals surface area (Å²) in [5.41, 5.74) is 1.35. The molecule has 3 rings (SSSR count). The Labute approximate surface area is 187 Å². The molecular weight excluding hydrogens is 390 g/mol. The van der Waals surface area contributed by atoms with Crippen LogP contribution in [0.5, 0.6) is 5.75 Å². The van der Waals surface area contributed by atoms with Crippen LogP contribution >= 0.6 is 0 Å². The second kappa shape index (κ2) is 11.0. The predicted molar refractivity (Wildman–Crippen MR) is 125 cm³/mol. The van der Waals surface area contributed by atoms with Crippen LogP contribution in [-0.2, 0) is 9.63 Å². The quantitative estimate of drug-likeness (QED) is 0.330. The van der Waals surface area contributed by atoms with Gasteiger partial charge in [0, 0.05) is 31.1 Å². The van der Waals surface area contributed by atoms with Gasteiger partial charge in [-0.25, -0.2) is 0 Å². The molecule has 0 N–H and O–H groups in total. The molecule has 0 radical (unpaired) electrons. The summed E-state index contributed by atoms with van der Waals surface area (Å²) in [4.78, 5) is 22.4. The molecule has 1 amide bonds. The third-order valence-corrected chi connectivity index (χ3v) is 5.93. The monoisotopic (exact) mass is 429 g/mol. The minimum absolute atomic E-state index is 0.196. The van der Waals surface area contributed by atoms with E-state index in [1.54, 1.807) is 0 Å². The summed E-state index contributed by atoms with van der Waals surface area (Å²) in [6.07, 6.45) is 6.31. The second-order valence-corrected chi connectivity index (χ2v) is 9.77. The molecule has 1 atom stereocenters. The SMILES string of the molecule is C[C@@H]1CCCN1CCCOc1ccc(/C(CN2CCCCC2=O)=N/OC(C)(C)C)cc1. The van der Waals surface area contributed by atoms with Crippen molar-refractivity contribution in [3.05, 3.63) is 29.8 Å². The Morgan fingerprint density at radius 2 is 1.90 bits per heavy atom. The van der Waals surface area contributed by atoms with Crippen LogP contribution in [0.15, 0.2) is 29.4 Å². The number of carbonyl (C=O) groups excluding carboxylic acids is 1. The lowest BCUT2D eigenvalue weighted by molar-refractivity contribution is -0.132. The number of ether oxygens (including phenoxy) is 1. The number of amides is 1. The fourth-order valence-corrected chi connectivity index (χ4v) is 4.10. The highest BCUT2D eigenvalue weighted by Crippen LogP contribution is 2.19. The Bertz CT molecular complexity index is 739. The highest BCUT2D eigenvalue weighted by molar-refractivity contribution is 6.03. The zero-order valence-electron chi connectivity index (χ0n) is 19.7. The molecule has 0 saturated carbocycles. The molecule has 1 aromatic carbocycles. The molecule has 31 heavy (non-hydrogen) atoms. The molecule has 2 fully saturated rings. The lowest BCUT2D eigenvalue weighted by Crippen LogP contribution is -2.39. The van der Waals surface area contributed by atoms with E-state index in [4.69, 9.17) is 9.57 Å². The van der Waals surface area contributed by atoms with E-state index in [-0.39, 0.29) is 11.5 Å². The van der Waals surface area contributed by atoms with Crippen molar-refractivity contribution < 1.29 is 14.4 Å². The van der Waals surface area contributed by atoms with Gasteiger partial charge in [-0.1, -0.05) is 5.16 Å². The van der Waals surface area contributed by atoms with E-state index in [1.165, 1.54) is 19.4 Å². The lowest BCUT2D eigenvalue weighted by atomic mass is 10.1. The third-order valence-electron chi connectivity index (χ3n) is 5.93. The number of likely N-dealkylation sites (tertiary alicyclic amines) is 2. The second-order valence-electron chi connectivity index (χ2n) is 9.77. The number of hydrogen-bond donors (Lipinski definition) is 0. The fraction of sp³-hybridized carbons (Fsp3) is 0.680. The molecule has 0 unspecified atom stereocenters. The molecular formula is C25H39N3O3. The normalized spacial score (nSPS) is 20.9. The lowest BCUT2D eigenvalue weighted by Gasteiger charge is -2.27. The maximum absolute atomic E-state index is 12.3. The van der Waals surface area contributed by atoms with Crippen molar-refractivity contribution in [3.8, 4) is 5.75 Å². The van der Waals surface area contributed by atoms with Crippen LogP contribution in [0, 0.1) is 0 Å². The Balaban J connectivity index is 1.57. The van der Waals surface area contributed by atoms with Crippen LogP contribution in [0.4, 0.5) is 0 Å². The predicted octanol–water partition coefficient (Wildman–Crippen LogP) is 4.47. The number of nitrogens with zero attached hydrogens (tertiary/aromatic N) is 3. The maximum Gasteiger partial charge on any atom is 0.222 e. The van der Waals surface area contributed by atoms with Crippen molar-refractivity contribution >= 4 is 11.6 Å². The number of carbonyl (C=O) groups is 1. The standard InChI is InChI=1S/C25H39N3O3/c1-20-9-7-16-27(20)17-8-18-30-22-13-11-21(12-14-22)23(26-31-25(2,3)4)19-28-15-6-5-10-24(28)29/h11-14,20H,5-10,15-19H2,1-4H3/b26-23+/t20-/m1/s1. The summed E-state index contributed by atoms with van der Waals surface area (Å²) in [6.45, 7) is 12.5. The average molecular weight is 430 g/mol. The number of benzene rings is 1. The van der Waals surface area contributed by atoms with Crippen molar-refractivity contribution in [3.63, 3.8) is 0 Å². The first-order chi connectivity index (χ1) is 14.8.